The number of benzene rings is 2. The largest absolute Gasteiger partial charge is 0.357 e. The van der Waals surface area contributed by atoms with Gasteiger partial charge in [-0.3, -0.25) is 5.41 Å². The van der Waals surface area contributed by atoms with Gasteiger partial charge >= 0.3 is 0 Å². The number of nitrogens with zero attached hydrogens (tertiary/aromatic N) is 1. The van der Waals surface area contributed by atoms with Crippen molar-refractivity contribution in [3.63, 3.8) is 0 Å². The molecule has 0 atom stereocenters. The standard InChI is InChI=1S/C15H15FN2/c16-14-8-7-13(11-5-1-2-6-12(11)14)15(17)18-9-3-4-10-18/h1-2,5-8,17H,3-4,9-10H2. The van der Waals surface area contributed by atoms with Gasteiger partial charge in [-0.1, -0.05) is 24.3 Å². The van der Waals surface area contributed by atoms with E-state index in [2.05, 4.69) is 4.90 Å². The molecule has 1 fully saturated rings. The topological polar surface area (TPSA) is 27.1 Å². The Labute approximate surface area is 106 Å². The summed E-state index contributed by atoms with van der Waals surface area (Å²) in [5.74, 6) is 0.298. The van der Waals surface area contributed by atoms with E-state index in [-0.39, 0.29) is 5.82 Å². The average Bonchev–Trinajstić information content (AvgIpc) is 2.93. The average molecular weight is 242 g/mol. The minimum absolute atomic E-state index is 0.219. The highest BCUT2D eigenvalue weighted by atomic mass is 19.1. The van der Waals surface area contributed by atoms with Crippen LogP contribution >= 0.6 is 0 Å². The van der Waals surface area contributed by atoms with Crippen molar-refractivity contribution in [3.05, 3.63) is 47.8 Å². The third kappa shape index (κ3) is 1.76. The fourth-order valence-corrected chi connectivity index (χ4v) is 2.58. The van der Waals surface area contributed by atoms with Gasteiger partial charge in [0, 0.05) is 24.0 Å². The molecule has 0 bridgehead atoms. The Morgan fingerprint density at radius 2 is 1.67 bits per heavy atom. The first-order valence-electron chi connectivity index (χ1n) is 6.28. The summed E-state index contributed by atoms with van der Waals surface area (Å²) in [5.41, 5.74) is 0.828. The molecule has 3 rings (SSSR count). The van der Waals surface area contributed by atoms with Crippen molar-refractivity contribution in [2.45, 2.75) is 12.8 Å². The summed E-state index contributed by atoms with van der Waals surface area (Å²) in [6, 6.07) is 10.6. The number of rotatable bonds is 1. The van der Waals surface area contributed by atoms with Gasteiger partial charge in [0.15, 0.2) is 0 Å². The monoisotopic (exact) mass is 242 g/mol. The van der Waals surface area contributed by atoms with E-state index in [9.17, 15) is 4.39 Å². The van der Waals surface area contributed by atoms with Gasteiger partial charge in [-0.05, 0) is 30.4 Å². The molecule has 2 aromatic carbocycles. The Balaban J connectivity index is 2.11. The zero-order chi connectivity index (χ0) is 12.5. The Bertz CT molecular complexity index is 600. The maximum absolute atomic E-state index is 13.7. The van der Waals surface area contributed by atoms with Crippen LogP contribution in [0.5, 0.6) is 0 Å². The number of hydrogen-bond acceptors (Lipinski definition) is 1. The smallest absolute Gasteiger partial charge is 0.131 e. The van der Waals surface area contributed by atoms with Gasteiger partial charge in [0.05, 0.1) is 0 Å². The molecule has 18 heavy (non-hydrogen) atoms. The summed E-state index contributed by atoms with van der Waals surface area (Å²) in [6.07, 6.45) is 2.28. The Kier molecular flexibility index (Phi) is 2.74. The number of likely N-dealkylation sites (tertiary alicyclic amines) is 1. The number of nitrogens with one attached hydrogen (secondary N) is 1. The molecule has 2 nitrogen and oxygen atoms in total. The molecule has 1 aliphatic heterocycles. The summed E-state index contributed by atoms with van der Waals surface area (Å²) in [6.45, 7) is 1.87. The molecule has 0 aromatic heterocycles. The van der Waals surface area contributed by atoms with E-state index in [1.54, 1.807) is 12.1 Å². The summed E-state index contributed by atoms with van der Waals surface area (Å²) < 4.78 is 13.7. The molecule has 0 aliphatic carbocycles. The van der Waals surface area contributed by atoms with E-state index in [0.29, 0.717) is 11.2 Å². The number of amidine groups is 1. The lowest BCUT2D eigenvalue weighted by atomic mass is 10.0. The fourth-order valence-electron chi connectivity index (χ4n) is 2.58. The summed E-state index contributed by atoms with van der Waals surface area (Å²) in [5, 5.41) is 9.71. The van der Waals surface area contributed by atoms with E-state index in [1.165, 1.54) is 6.07 Å². The van der Waals surface area contributed by atoms with Crippen LogP contribution in [0.4, 0.5) is 4.39 Å². The molecule has 1 N–H and O–H groups in total. The highest BCUT2D eigenvalue weighted by molar-refractivity contribution is 6.08. The van der Waals surface area contributed by atoms with Crippen LogP contribution in [0.1, 0.15) is 18.4 Å². The second kappa shape index (κ2) is 4.41. The van der Waals surface area contributed by atoms with Crippen molar-refractivity contribution in [2.75, 3.05) is 13.1 Å². The minimum Gasteiger partial charge on any atom is -0.357 e. The first-order chi connectivity index (χ1) is 8.77. The predicted molar refractivity (Wildman–Crippen MR) is 71.5 cm³/mol. The molecule has 1 aliphatic rings. The lowest BCUT2D eigenvalue weighted by Crippen LogP contribution is -2.27. The van der Waals surface area contributed by atoms with Crippen LogP contribution in [0.15, 0.2) is 36.4 Å². The molecule has 1 heterocycles. The van der Waals surface area contributed by atoms with Gasteiger partial charge in [0.2, 0.25) is 0 Å². The van der Waals surface area contributed by atoms with Crippen molar-refractivity contribution in [1.29, 1.82) is 5.41 Å². The quantitative estimate of drug-likeness (QED) is 0.602. The molecule has 1 saturated heterocycles. The van der Waals surface area contributed by atoms with Crippen LogP contribution in [-0.2, 0) is 0 Å². The van der Waals surface area contributed by atoms with Crippen LogP contribution in [0.25, 0.3) is 10.8 Å². The Morgan fingerprint density at radius 3 is 2.39 bits per heavy atom. The van der Waals surface area contributed by atoms with Crippen LogP contribution in [0, 0.1) is 11.2 Å². The maximum atomic E-state index is 13.7. The zero-order valence-corrected chi connectivity index (χ0v) is 10.1. The van der Waals surface area contributed by atoms with Gasteiger partial charge < -0.3 is 4.90 Å². The molecular weight excluding hydrogens is 227 g/mol. The van der Waals surface area contributed by atoms with E-state index in [1.807, 2.05) is 18.2 Å². The number of hydrogen-bond donors (Lipinski definition) is 1. The van der Waals surface area contributed by atoms with Crippen LogP contribution in [0.2, 0.25) is 0 Å². The predicted octanol–water partition coefficient (Wildman–Crippen LogP) is 3.40. The molecule has 0 spiro atoms. The third-order valence-corrected chi connectivity index (χ3v) is 3.55. The normalized spacial score (nSPS) is 15.3. The van der Waals surface area contributed by atoms with Gasteiger partial charge in [-0.15, -0.1) is 0 Å². The maximum Gasteiger partial charge on any atom is 0.131 e. The lowest BCUT2D eigenvalue weighted by molar-refractivity contribution is 0.517. The Hall–Kier alpha value is -1.90. The summed E-state index contributed by atoms with van der Waals surface area (Å²) in [4.78, 5) is 2.07. The fraction of sp³-hybridized carbons (Fsp3) is 0.267. The van der Waals surface area contributed by atoms with Crippen LogP contribution < -0.4 is 0 Å². The number of halogens is 1. The van der Waals surface area contributed by atoms with Gasteiger partial charge in [0.25, 0.3) is 0 Å². The molecule has 3 heteroatoms. The van der Waals surface area contributed by atoms with Crippen molar-refractivity contribution in [2.24, 2.45) is 0 Å². The van der Waals surface area contributed by atoms with Gasteiger partial charge in [-0.25, -0.2) is 4.39 Å². The SMILES string of the molecule is N=C(c1ccc(F)c2ccccc12)N1CCCC1. The molecule has 0 radical (unpaired) electrons. The van der Waals surface area contributed by atoms with Crippen molar-refractivity contribution < 1.29 is 4.39 Å². The van der Waals surface area contributed by atoms with E-state index < -0.39 is 0 Å². The highest BCUT2D eigenvalue weighted by Gasteiger charge is 2.18. The molecule has 2 aromatic rings. The van der Waals surface area contributed by atoms with Crippen molar-refractivity contribution >= 4 is 16.6 Å². The lowest BCUT2D eigenvalue weighted by Gasteiger charge is -2.19. The first-order valence-corrected chi connectivity index (χ1v) is 6.28. The number of fused-ring (bicyclic) bond motifs is 1. The van der Waals surface area contributed by atoms with Gasteiger partial charge in [0.1, 0.15) is 11.7 Å². The third-order valence-electron chi connectivity index (χ3n) is 3.55. The zero-order valence-electron chi connectivity index (χ0n) is 10.1. The van der Waals surface area contributed by atoms with E-state index in [4.69, 9.17) is 5.41 Å². The van der Waals surface area contributed by atoms with Crippen molar-refractivity contribution in [3.8, 4) is 0 Å². The summed E-state index contributed by atoms with van der Waals surface area (Å²) in [7, 11) is 0. The van der Waals surface area contributed by atoms with Crippen LogP contribution in [0.3, 0.4) is 0 Å². The van der Waals surface area contributed by atoms with Crippen molar-refractivity contribution in [1.82, 2.24) is 4.90 Å². The summed E-state index contributed by atoms with van der Waals surface area (Å²) >= 11 is 0. The Morgan fingerprint density at radius 1 is 1.00 bits per heavy atom. The van der Waals surface area contributed by atoms with E-state index >= 15 is 0 Å². The molecule has 92 valence electrons. The molecule has 0 saturated carbocycles. The van der Waals surface area contributed by atoms with E-state index in [0.717, 1.165) is 36.9 Å². The molecule has 0 unspecified atom stereocenters. The highest BCUT2D eigenvalue weighted by Crippen LogP contribution is 2.24. The van der Waals surface area contributed by atoms with Crippen LogP contribution in [-0.4, -0.2) is 23.8 Å². The second-order valence-electron chi connectivity index (χ2n) is 4.68. The minimum atomic E-state index is -0.219. The molecule has 0 amide bonds. The second-order valence-corrected chi connectivity index (χ2v) is 4.68. The molecular formula is C15H15FN2. The van der Waals surface area contributed by atoms with Gasteiger partial charge in [-0.2, -0.15) is 0 Å². The first kappa shape index (κ1) is 11.2.